The van der Waals surface area contributed by atoms with Crippen molar-refractivity contribution in [1.82, 2.24) is 5.32 Å². The maximum Gasteiger partial charge on any atom is 0.225 e. The zero-order valence-corrected chi connectivity index (χ0v) is 13.8. The van der Waals surface area contributed by atoms with Crippen molar-refractivity contribution in [3.63, 3.8) is 0 Å². The average Bonchev–Trinajstić information content (AvgIpc) is 2.47. The minimum absolute atomic E-state index is 0.0777. The van der Waals surface area contributed by atoms with Gasteiger partial charge in [0.25, 0.3) is 0 Å². The van der Waals surface area contributed by atoms with Gasteiger partial charge < -0.3 is 10.6 Å². The molecule has 116 valence electrons. The fourth-order valence-electron chi connectivity index (χ4n) is 2.11. The maximum atomic E-state index is 11.9. The first kappa shape index (κ1) is 16.8. The van der Waals surface area contributed by atoms with Crippen molar-refractivity contribution < 1.29 is 4.79 Å². The van der Waals surface area contributed by atoms with E-state index in [1.54, 1.807) is 18.2 Å². The zero-order chi connectivity index (χ0) is 15.9. The number of nitrogens with one attached hydrogen (secondary N) is 2. The summed E-state index contributed by atoms with van der Waals surface area (Å²) < 4.78 is 0. The number of rotatable bonds is 6. The summed E-state index contributed by atoms with van der Waals surface area (Å²) in [5.41, 5.74) is 1.81. The third-order valence-corrected chi connectivity index (χ3v) is 3.68. The lowest BCUT2D eigenvalue weighted by Crippen LogP contribution is -2.24. The number of hydrogen-bond donors (Lipinski definition) is 2. The standard InChI is InChI=1S/C17H18Cl2N2O/c1-12(13-5-3-2-4-6-13)20-8-7-17(22)21-16-10-14(18)9-15(19)11-16/h2-6,9-12,20H,7-8H2,1H3,(H,21,22). The Labute approximate surface area is 140 Å². The van der Waals surface area contributed by atoms with Crippen LogP contribution in [0.2, 0.25) is 10.0 Å². The Morgan fingerprint density at radius 3 is 2.36 bits per heavy atom. The number of carbonyl (C=O) groups excluding carboxylic acids is 1. The minimum Gasteiger partial charge on any atom is -0.326 e. The van der Waals surface area contributed by atoms with Crippen LogP contribution in [0.4, 0.5) is 5.69 Å². The summed E-state index contributed by atoms with van der Waals surface area (Å²) in [5.74, 6) is -0.0777. The lowest BCUT2D eigenvalue weighted by atomic mass is 10.1. The molecule has 1 amide bonds. The fourth-order valence-corrected chi connectivity index (χ4v) is 2.64. The second-order valence-electron chi connectivity index (χ2n) is 5.04. The molecule has 0 spiro atoms. The largest absolute Gasteiger partial charge is 0.326 e. The van der Waals surface area contributed by atoms with E-state index in [0.717, 1.165) is 0 Å². The van der Waals surface area contributed by atoms with Gasteiger partial charge in [-0.1, -0.05) is 53.5 Å². The van der Waals surface area contributed by atoms with Crippen LogP contribution in [-0.4, -0.2) is 12.5 Å². The van der Waals surface area contributed by atoms with Gasteiger partial charge in [0, 0.05) is 34.7 Å². The molecule has 5 heteroatoms. The van der Waals surface area contributed by atoms with Crippen molar-refractivity contribution in [3.8, 4) is 0 Å². The van der Waals surface area contributed by atoms with Gasteiger partial charge in [-0.2, -0.15) is 0 Å². The van der Waals surface area contributed by atoms with Crippen molar-refractivity contribution in [1.29, 1.82) is 0 Å². The molecule has 22 heavy (non-hydrogen) atoms. The molecule has 3 nitrogen and oxygen atoms in total. The predicted octanol–water partition coefficient (Wildman–Crippen LogP) is 4.67. The molecule has 0 fully saturated rings. The number of benzene rings is 2. The van der Waals surface area contributed by atoms with E-state index in [1.807, 2.05) is 18.2 Å². The van der Waals surface area contributed by atoms with Gasteiger partial charge in [-0.25, -0.2) is 0 Å². The van der Waals surface area contributed by atoms with Crippen LogP contribution in [0.15, 0.2) is 48.5 Å². The molecule has 2 rings (SSSR count). The Balaban J connectivity index is 1.78. The molecule has 0 saturated carbocycles. The summed E-state index contributed by atoms with van der Waals surface area (Å²) in [4.78, 5) is 11.9. The summed E-state index contributed by atoms with van der Waals surface area (Å²) >= 11 is 11.8. The van der Waals surface area contributed by atoms with E-state index in [1.165, 1.54) is 5.56 Å². The highest BCUT2D eigenvalue weighted by Crippen LogP contribution is 2.22. The van der Waals surface area contributed by atoms with E-state index >= 15 is 0 Å². The van der Waals surface area contributed by atoms with Crippen LogP contribution >= 0.6 is 23.2 Å². The highest BCUT2D eigenvalue weighted by atomic mass is 35.5. The predicted molar refractivity (Wildman–Crippen MR) is 92.6 cm³/mol. The summed E-state index contributed by atoms with van der Waals surface area (Å²) in [6, 6.07) is 15.3. The number of carbonyl (C=O) groups is 1. The van der Waals surface area contributed by atoms with Crippen LogP contribution in [0.3, 0.4) is 0 Å². The lowest BCUT2D eigenvalue weighted by molar-refractivity contribution is -0.116. The van der Waals surface area contributed by atoms with Crippen LogP contribution in [0.1, 0.15) is 24.9 Å². The SMILES string of the molecule is CC(NCCC(=O)Nc1cc(Cl)cc(Cl)c1)c1ccccc1. The van der Waals surface area contributed by atoms with Gasteiger partial charge in [0.05, 0.1) is 0 Å². The van der Waals surface area contributed by atoms with Crippen LogP contribution in [0.5, 0.6) is 0 Å². The lowest BCUT2D eigenvalue weighted by Gasteiger charge is -2.14. The average molecular weight is 337 g/mol. The first-order valence-corrected chi connectivity index (χ1v) is 7.84. The second kappa shape index (κ2) is 8.18. The van der Waals surface area contributed by atoms with Gasteiger partial charge in [0.1, 0.15) is 0 Å². The molecule has 2 N–H and O–H groups in total. The van der Waals surface area contributed by atoms with Crippen LogP contribution in [-0.2, 0) is 4.79 Å². The molecule has 2 aromatic carbocycles. The van der Waals surface area contributed by atoms with E-state index in [9.17, 15) is 4.79 Å². The van der Waals surface area contributed by atoms with E-state index in [0.29, 0.717) is 28.7 Å². The Morgan fingerprint density at radius 1 is 1.09 bits per heavy atom. The summed E-state index contributed by atoms with van der Waals surface area (Å²) in [6.07, 6.45) is 0.376. The minimum atomic E-state index is -0.0777. The van der Waals surface area contributed by atoms with Crippen molar-refractivity contribution in [3.05, 3.63) is 64.1 Å². The van der Waals surface area contributed by atoms with Gasteiger partial charge >= 0.3 is 0 Å². The molecule has 0 radical (unpaired) electrons. The van der Waals surface area contributed by atoms with Gasteiger partial charge in [-0.05, 0) is 30.7 Å². The summed E-state index contributed by atoms with van der Waals surface area (Å²) in [6.45, 7) is 2.67. The van der Waals surface area contributed by atoms with Crippen LogP contribution in [0.25, 0.3) is 0 Å². The molecule has 0 aliphatic rings. The van der Waals surface area contributed by atoms with Crippen molar-refractivity contribution >= 4 is 34.8 Å². The van der Waals surface area contributed by atoms with Crippen molar-refractivity contribution in [2.75, 3.05) is 11.9 Å². The molecular weight excluding hydrogens is 319 g/mol. The maximum absolute atomic E-state index is 11.9. The molecular formula is C17H18Cl2N2O. The van der Waals surface area contributed by atoms with Crippen molar-refractivity contribution in [2.24, 2.45) is 0 Å². The fraction of sp³-hybridized carbons (Fsp3) is 0.235. The summed E-state index contributed by atoms with van der Waals surface area (Å²) in [5, 5.41) is 7.11. The zero-order valence-electron chi connectivity index (χ0n) is 12.3. The Morgan fingerprint density at radius 2 is 1.73 bits per heavy atom. The third-order valence-electron chi connectivity index (χ3n) is 3.25. The molecule has 0 aliphatic carbocycles. The topological polar surface area (TPSA) is 41.1 Å². The van der Waals surface area contributed by atoms with E-state index in [2.05, 4.69) is 29.7 Å². The second-order valence-corrected chi connectivity index (χ2v) is 5.92. The molecule has 0 saturated heterocycles. The molecule has 0 bridgehead atoms. The quantitative estimate of drug-likeness (QED) is 0.804. The number of hydrogen-bond acceptors (Lipinski definition) is 2. The van der Waals surface area contributed by atoms with Gasteiger partial charge in [0.15, 0.2) is 0 Å². The normalized spacial score (nSPS) is 12.0. The highest BCUT2D eigenvalue weighted by Gasteiger charge is 2.07. The van der Waals surface area contributed by atoms with E-state index in [-0.39, 0.29) is 11.9 Å². The Hall–Kier alpha value is -1.55. The molecule has 0 heterocycles. The molecule has 1 unspecified atom stereocenters. The highest BCUT2D eigenvalue weighted by molar-refractivity contribution is 6.35. The van der Waals surface area contributed by atoms with Gasteiger partial charge in [-0.3, -0.25) is 4.79 Å². The van der Waals surface area contributed by atoms with Gasteiger partial charge in [-0.15, -0.1) is 0 Å². The van der Waals surface area contributed by atoms with Gasteiger partial charge in [0.2, 0.25) is 5.91 Å². The van der Waals surface area contributed by atoms with Crippen LogP contribution < -0.4 is 10.6 Å². The Bertz CT molecular complexity index is 612. The molecule has 2 aromatic rings. The molecule has 0 aromatic heterocycles. The van der Waals surface area contributed by atoms with E-state index in [4.69, 9.17) is 23.2 Å². The number of halogens is 2. The third kappa shape index (κ3) is 5.34. The van der Waals surface area contributed by atoms with E-state index < -0.39 is 0 Å². The molecule has 0 aliphatic heterocycles. The first-order chi connectivity index (χ1) is 10.5. The first-order valence-electron chi connectivity index (χ1n) is 7.09. The van der Waals surface area contributed by atoms with Crippen molar-refractivity contribution in [2.45, 2.75) is 19.4 Å². The monoisotopic (exact) mass is 336 g/mol. The van der Waals surface area contributed by atoms with Crippen LogP contribution in [0, 0.1) is 0 Å². The smallest absolute Gasteiger partial charge is 0.225 e. The number of amides is 1. The molecule has 1 atom stereocenters. The Kier molecular flexibility index (Phi) is 6.25. The number of anilines is 1. The summed E-state index contributed by atoms with van der Waals surface area (Å²) in [7, 11) is 0.